The number of nitrogens with zero attached hydrogens (tertiary/aromatic N) is 2. The lowest BCUT2D eigenvalue weighted by atomic mass is 10.1. The van der Waals surface area contributed by atoms with Crippen LogP contribution in [-0.4, -0.2) is 53.0 Å². The molecule has 1 aliphatic rings. The Morgan fingerprint density at radius 3 is 2.67 bits per heavy atom. The van der Waals surface area contributed by atoms with Crippen molar-refractivity contribution in [2.45, 2.75) is 43.7 Å². The number of nitrogens with one attached hydrogen (secondary N) is 1. The second-order valence-corrected chi connectivity index (χ2v) is 9.27. The number of thioether (sulfide) groups is 1. The Morgan fingerprint density at radius 1 is 1.22 bits per heavy atom. The van der Waals surface area contributed by atoms with Crippen LogP contribution in [0.25, 0.3) is 11.0 Å². The summed E-state index contributed by atoms with van der Waals surface area (Å²) in [5, 5.41) is 3.38. The molecule has 2 aromatic carbocycles. The average Bonchev–Trinajstić information content (AvgIpc) is 3.49. The van der Waals surface area contributed by atoms with Crippen molar-refractivity contribution >= 4 is 34.7 Å². The average molecular weight is 522 g/mol. The van der Waals surface area contributed by atoms with Crippen LogP contribution in [0.3, 0.4) is 0 Å². The number of carbonyl (C=O) groups is 2. The van der Waals surface area contributed by atoms with Crippen LogP contribution in [0.5, 0.6) is 0 Å². The van der Waals surface area contributed by atoms with Crippen molar-refractivity contribution < 1.29 is 32.2 Å². The van der Waals surface area contributed by atoms with Gasteiger partial charge in [-0.25, -0.2) is 9.78 Å². The molecule has 0 aliphatic carbocycles. The van der Waals surface area contributed by atoms with E-state index in [-0.39, 0.29) is 30.9 Å². The molecule has 1 aliphatic heterocycles. The van der Waals surface area contributed by atoms with Gasteiger partial charge in [0.1, 0.15) is 0 Å². The van der Waals surface area contributed by atoms with Gasteiger partial charge in [0, 0.05) is 13.2 Å². The van der Waals surface area contributed by atoms with Crippen molar-refractivity contribution in [3.8, 4) is 0 Å². The predicted octanol–water partition coefficient (Wildman–Crippen LogP) is 4.67. The van der Waals surface area contributed by atoms with Gasteiger partial charge in [-0.3, -0.25) is 4.79 Å². The number of hydrogen-bond donors (Lipinski definition) is 1. The van der Waals surface area contributed by atoms with Crippen molar-refractivity contribution in [1.29, 1.82) is 0 Å². The first kappa shape index (κ1) is 26.0. The van der Waals surface area contributed by atoms with Crippen LogP contribution in [-0.2, 0) is 27.0 Å². The molecule has 1 N–H and O–H groups in total. The number of aromatic nitrogens is 2. The van der Waals surface area contributed by atoms with E-state index in [0.717, 1.165) is 25.0 Å². The van der Waals surface area contributed by atoms with Gasteiger partial charge in [0.05, 0.1) is 47.2 Å². The fourth-order valence-electron chi connectivity index (χ4n) is 3.91. The predicted molar refractivity (Wildman–Crippen MR) is 129 cm³/mol. The van der Waals surface area contributed by atoms with Gasteiger partial charge in [-0.05, 0) is 55.7 Å². The molecule has 0 spiro atoms. The maximum absolute atomic E-state index is 13.0. The minimum absolute atomic E-state index is 0.0319. The Balaban J connectivity index is 1.56. The zero-order valence-corrected chi connectivity index (χ0v) is 20.5. The van der Waals surface area contributed by atoms with Gasteiger partial charge in [0.2, 0.25) is 5.91 Å². The standard InChI is InChI=1S/C25H26F3N3O4S/c1-2-34-23(33)17-7-10-21-20(12-17)30-24(36-15-22(32)29-13-19-4-3-11-35-19)31(21)14-16-5-8-18(9-6-16)25(26,27)28/h5-10,12,19H,2-4,11,13-15H2,1H3,(H,29,32)/t19-/m0/s1. The SMILES string of the molecule is CCOC(=O)c1ccc2c(c1)nc(SCC(=O)NC[C@@H]1CCCO1)n2Cc1ccc(C(F)(F)F)cc1. The molecule has 0 unspecified atom stereocenters. The molecule has 1 saturated heterocycles. The summed E-state index contributed by atoms with van der Waals surface area (Å²) >= 11 is 1.22. The van der Waals surface area contributed by atoms with E-state index >= 15 is 0 Å². The maximum atomic E-state index is 13.0. The summed E-state index contributed by atoms with van der Waals surface area (Å²) in [6.07, 6.45) is -2.48. The van der Waals surface area contributed by atoms with Gasteiger partial charge >= 0.3 is 12.1 Å². The Morgan fingerprint density at radius 2 is 2.00 bits per heavy atom. The van der Waals surface area contributed by atoms with Crippen molar-refractivity contribution in [3.63, 3.8) is 0 Å². The molecule has 1 fully saturated rings. The summed E-state index contributed by atoms with van der Waals surface area (Å²) in [5.41, 5.74) is 1.47. The molecular formula is C25H26F3N3O4S. The minimum Gasteiger partial charge on any atom is -0.462 e. The molecule has 1 amide bonds. The Bertz CT molecular complexity index is 1220. The van der Waals surface area contributed by atoms with Gasteiger partial charge in [-0.2, -0.15) is 13.2 Å². The number of alkyl halides is 3. The minimum atomic E-state index is -4.42. The highest BCUT2D eigenvalue weighted by Gasteiger charge is 2.30. The summed E-state index contributed by atoms with van der Waals surface area (Å²) in [4.78, 5) is 29.2. The molecule has 0 radical (unpaired) electrons. The molecular weight excluding hydrogens is 495 g/mol. The van der Waals surface area contributed by atoms with Crippen LogP contribution in [0.4, 0.5) is 13.2 Å². The van der Waals surface area contributed by atoms with Gasteiger partial charge < -0.3 is 19.4 Å². The van der Waals surface area contributed by atoms with Gasteiger partial charge in [-0.1, -0.05) is 23.9 Å². The highest BCUT2D eigenvalue weighted by atomic mass is 32.2. The quantitative estimate of drug-likeness (QED) is 0.326. The topological polar surface area (TPSA) is 82.4 Å². The second kappa shape index (κ2) is 11.3. The summed E-state index contributed by atoms with van der Waals surface area (Å²) in [5.74, 6) is -0.538. The first-order valence-electron chi connectivity index (χ1n) is 11.6. The number of hydrogen-bond acceptors (Lipinski definition) is 6. The third kappa shape index (κ3) is 6.38. The van der Waals surface area contributed by atoms with Crippen LogP contribution in [0, 0.1) is 0 Å². The molecule has 0 bridgehead atoms. The van der Waals surface area contributed by atoms with E-state index in [2.05, 4.69) is 10.3 Å². The molecule has 4 rings (SSSR count). The Kier molecular flexibility index (Phi) is 8.20. The lowest BCUT2D eigenvalue weighted by molar-refractivity contribution is -0.137. The number of esters is 1. The Labute approximate surface area is 210 Å². The summed E-state index contributed by atoms with van der Waals surface area (Å²) in [7, 11) is 0. The molecule has 192 valence electrons. The zero-order valence-electron chi connectivity index (χ0n) is 19.6. The molecule has 36 heavy (non-hydrogen) atoms. The number of fused-ring (bicyclic) bond motifs is 1. The monoisotopic (exact) mass is 521 g/mol. The second-order valence-electron chi connectivity index (χ2n) is 8.33. The summed E-state index contributed by atoms with van der Waals surface area (Å²) < 4.78 is 51.3. The fourth-order valence-corrected chi connectivity index (χ4v) is 4.75. The normalized spacial score (nSPS) is 15.8. The lowest BCUT2D eigenvalue weighted by Crippen LogP contribution is -2.32. The van der Waals surface area contributed by atoms with E-state index in [9.17, 15) is 22.8 Å². The van der Waals surface area contributed by atoms with E-state index in [1.165, 1.54) is 23.9 Å². The molecule has 0 saturated carbocycles. The molecule has 3 aromatic rings. The number of benzene rings is 2. The van der Waals surface area contributed by atoms with Crippen LogP contribution in [0.15, 0.2) is 47.6 Å². The maximum Gasteiger partial charge on any atom is 0.416 e. The summed E-state index contributed by atoms with van der Waals surface area (Å²) in [6.45, 7) is 3.35. The van der Waals surface area contributed by atoms with Crippen molar-refractivity contribution in [2.24, 2.45) is 0 Å². The van der Waals surface area contributed by atoms with E-state index in [4.69, 9.17) is 9.47 Å². The third-order valence-corrected chi connectivity index (χ3v) is 6.71. The molecule has 1 aromatic heterocycles. The molecule has 2 heterocycles. The van der Waals surface area contributed by atoms with Gasteiger partial charge in [-0.15, -0.1) is 0 Å². The van der Waals surface area contributed by atoms with Crippen molar-refractivity contribution in [1.82, 2.24) is 14.9 Å². The van der Waals surface area contributed by atoms with Crippen molar-refractivity contribution in [2.75, 3.05) is 25.5 Å². The number of amides is 1. The third-order valence-electron chi connectivity index (χ3n) is 5.73. The number of imidazole rings is 1. The smallest absolute Gasteiger partial charge is 0.416 e. The van der Waals surface area contributed by atoms with Crippen LogP contribution in [0.2, 0.25) is 0 Å². The number of carbonyl (C=O) groups excluding carboxylic acids is 2. The van der Waals surface area contributed by atoms with Crippen molar-refractivity contribution in [3.05, 3.63) is 59.2 Å². The molecule has 11 heteroatoms. The highest BCUT2D eigenvalue weighted by Crippen LogP contribution is 2.30. The summed E-state index contributed by atoms with van der Waals surface area (Å²) in [6, 6.07) is 9.87. The Hall–Kier alpha value is -3.05. The molecule has 7 nitrogen and oxygen atoms in total. The molecule has 1 atom stereocenters. The van der Waals surface area contributed by atoms with E-state index < -0.39 is 17.7 Å². The number of rotatable bonds is 9. The number of halogens is 3. The highest BCUT2D eigenvalue weighted by molar-refractivity contribution is 7.99. The van der Waals surface area contributed by atoms with Gasteiger partial charge in [0.15, 0.2) is 5.16 Å². The van der Waals surface area contributed by atoms with Crippen LogP contribution >= 0.6 is 11.8 Å². The van der Waals surface area contributed by atoms with E-state index in [1.807, 2.05) is 4.57 Å². The van der Waals surface area contributed by atoms with Crippen LogP contribution < -0.4 is 5.32 Å². The largest absolute Gasteiger partial charge is 0.462 e. The lowest BCUT2D eigenvalue weighted by Gasteiger charge is -2.12. The zero-order chi connectivity index (χ0) is 25.7. The van der Waals surface area contributed by atoms with Gasteiger partial charge in [0.25, 0.3) is 0 Å². The first-order chi connectivity index (χ1) is 17.2. The van der Waals surface area contributed by atoms with Crippen LogP contribution in [0.1, 0.15) is 41.3 Å². The van der Waals surface area contributed by atoms with E-state index in [1.54, 1.807) is 25.1 Å². The first-order valence-corrected chi connectivity index (χ1v) is 12.6. The van der Waals surface area contributed by atoms with E-state index in [0.29, 0.717) is 40.5 Å². The number of ether oxygens (including phenoxy) is 2. The fraction of sp³-hybridized carbons (Fsp3) is 0.400.